The van der Waals surface area contributed by atoms with Crippen molar-refractivity contribution in [3.63, 3.8) is 0 Å². The summed E-state index contributed by atoms with van der Waals surface area (Å²) < 4.78 is 0. The first kappa shape index (κ1) is 17.4. The number of halogens is 1. The quantitative estimate of drug-likeness (QED) is 0.868. The van der Waals surface area contributed by atoms with E-state index in [9.17, 15) is 4.79 Å². The Bertz CT molecular complexity index is 418. The molecule has 0 saturated carbocycles. The van der Waals surface area contributed by atoms with Crippen molar-refractivity contribution in [3.8, 4) is 0 Å². The van der Waals surface area contributed by atoms with E-state index in [1.165, 1.54) is 24.2 Å². The lowest BCUT2D eigenvalue weighted by Crippen LogP contribution is -2.40. The first-order valence-corrected chi connectivity index (χ1v) is 7.64. The summed E-state index contributed by atoms with van der Waals surface area (Å²) in [4.78, 5) is 18.4. The molecule has 1 aliphatic rings. The molecule has 20 heavy (non-hydrogen) atoms. The van der Waals surface area contributed by atoms with Crippen molar-refractivity contribution >= 4 is 34.8 Å². The highest BCUT2D eigenvalue weighted by molar-refractivity contribution is 7.13. The van der Waals surface area contributed by atoms with Crippen LogP contribution in [0, 0.1) is 12.8 Å². The fourth-order valence-corrected chi connectivity index (χ4v) is 3.11. The van der Waals surface area contributed by atoms with Gasteiger partial charge in [0.05, 0.1) is 12.2 Å². The summed E-state index contributed by atoms with van der Waals surface area (Å²) in [6.45, 7) is 5.51. The van der Waals surface area contributed by atoms with Gasteiger partial charge in [0.25, 0.3) is 0 Å². The number of carbonyl (C=O) groups excluding carboxylic acids is 1. The average Bonchev–Trinajstić information content (AvgIpc) is 2.77. The van der Waals surface area contributed by atoms with E-state index in [4.69, 9.17) is 0 Å². The average molecular weight is 319 g/mol. The number of amides is 1. The number of aromatic nitrogens is 1. The van der Waals surface area contributed by atoms with Crippen LogP contribution in [0.3, 0.4) is 0 Å². The maximum Gasteiger partial charge on any atom is 0.240 e. The van der Waals surface area contributed by atoms with Crippen molar-refractivity contribution in [1.29, 1.82) is 0 Å². The third-order valence-electron chi connectivity index (χ3n) is 3.43. The van der Waals surface area contributed by atoms with Crippen LogP contribution in [0.2, 0.25) is 0 Å². The van der Waals surface area contributed by atoms with Crippen molar-refractivity contribution in [3.05, 3.63) is 11.1 Å². The number of thiazole rings is 1. The lowest BCUT2D eigenvalue weighted by atomic mass is 9.97. The molecular formula is C13H23ClN4OS. The molecule has 1 fully saturated rings. The summed E-state index contributed by atoms with van der Waals surface area (Å²) in [5.74, 6) is 0.798. The Morgan fingerprint density at radius 3 is 2.75 bits per heavy atom. The number of likely N-dealkylation sites (tertiary alicyclic amines) is 1. The van der Waals surface area contributed by atoms with Gasteiger partial charge in [0.15, 0.2) is 5.13 Å². The minimum absolute atomic E-state index is 0. The first-order chi connectivity index (χ1) is 9.17. The molecule has 1 amide bonds. The van der Waals surface area contributed by atoms with E-state index in [2.05, 4.69) is 20.5 Å². The first-order valence-electron chi connectivity index (χ1n) is 6.76. The minimum atomic E-state index is 0. The number of nitrogens with zero attached hydrogens (tertiary/aromatic N) is 2. The highest BCUT2D eigenvalue weighted by Crippen LogP contribution is 2.17. The van der Waals surface area contributed by atoms with Gasteiger partial charge in [0, 0.05) is 5.38 Å². The molecule has 0 spiro atoms. The molecular weight excluding hydrogens is 296 g/mol. The van der Waals surface area contributed by atoms with E-state index < -0.39 is 0 Å². The number of aryl methyl sites for hydroxylation is 1. The maximum atomic E-state index is 11.9. The summed E-state index contributed by atoms with van der Waals surface area (Å²) in [5.41, 5.74) is 0.952. The standard InChI is InChI=1S/C13H22N4OS.ClH/c1-10-9-19-13(15-10)16-12(18)8-17-5-3-11(4-6-17)7-14-2;/h9,11,14H,3-8H2,1-2H3,(H,15,16,18);1H. The normalized spacial score (nSPS) is 16.7. The molecule has 2 rings (SSSR count). The fraction of sp³-hybridized carbons (Fsp3) is 0.692. The smallest absolute Gasteiger partial charge is 0.240 e. The van der Waals surface area contributed by atoms with Crippen molar-refractivity contribution in [1.82, 2.24) is 15.2 Å². The second-order valence-corrected chi connectivity index (χ2v) is 5.98. The predicted octanol–water partition coefficient (Wildman–Crippen LogP) is 1.74. The van der Waals surface area contributed by atoms with Crippen LogP contribution < -0.4 is 10.6 Å². The van der Waals surface area contributed by atoms with Crippen LogP contribution in [0.1, 0.15) is 18.5 Å². The van der Waals surface area contributed by atoms with Crippen molar-refractivity contribution in [2.75, 3.05) is 38.5 Å². The molecule has 0 radical (unpaired) electrons. The molecule has 1 aliphatic heterocycles. The Labute approximate surface area is 130 Å². The topological polar surface area (TPSA) is 57.3 Å². The Morgan fingerprint density at radius 1 is 1.50 bits per heavy atom. The second-order valence-electron chi connectivity index (χ2n) is 5.12. The Hall–Kier alpha value is -0.690. The molecule has 7 heteroatoms. The number of anilines is 1. The van der Waals surface area contributed by atoms with Crippen LogP contribution in [-0.4, -0.2) is 49.0 Å². The summed E-state index contributed by atoms with van der Waals surface area (Å²) in [5, 5.41) is 8.73. The number of rotatable bonds is 5. The van der Waals surface area contributed by atoms with Gasteiger partial charge >= 0.3 is 0 Å². The van der Waals surface area contributed by atoms with Gasteiger partial charge in [0.1, 0.15) is 0 Å². The van der Waals surface area contributed by atoms with Gasteiger partial charge in [-0.2, -0.15) is 0 Å². The van der Waals surface area contributed by atoms with Crippen molar-refractivity contribution < 1.29 is 4.79 Å². The monoisotopic (exact) mass is 318 g/mol. The van der Waals surface area contributed by atoms with Gasteiger partial charge < -0.3 is 10.6 Å². The molecule has 0 aromatic carbocycles. The van der Waals surface area contributed by atoms with Gasteiger partial charge in [0.2, 0.25) is 5.91 Å². The van der Waals surface area contributed by atoms with E-state index in [1.54, 1.807) is 0 Å². The van der Waals surface area contributed by atoms with Crippen LogP contribution in [0.5, 0.6) is 0 Å². The zero-order valence-corrected chi connectivity index (χ0v) is 13.6. The zero-order chi connectivity index (χ0) is 13.7. The number of piperidine rings is 1. The summed E-state index contributed by atoms with van der Waals surface area (Å²) in [6.07, 6.45) is 2.34. The van der Waals surface area contributed by atoms with E-state index in [0.717, 1.165) is 31.2 Å². The van der Waals surface area contributed by atoms with Crippen molar-refractivity contribution in [2.24, 2.45) is 5.92 Å². The van der Waals surface area contributed by atoms with E-state index in [1.807, 2.05) is 19.4 Å². The lowest BCUT2D eigenvalue weighted by molar-refractivity contribution is -0.117. The van der Waals surface area contributed by atoms with Crippen LogP contribution in [-0.2, 0) is 4.79 Å². The SMILES string of the molecule is CNCC1CCN(CC(=O)Nc2nc(C)cs2)CC1.Cl. The van der Waals surface area contributed by atoms with Gasteiger partial charge in [-0.15, -0.1) is 23.7 Å². The van der Waals surface area contributed by atoms with Crippen LogP contribution in [0.4, 0.5) is 5.13 Å². The molecule has 114 valence electrons. The number of hydrogen-bond donors (Lipinski definition) is 2. The minimum Gasteiger partial charge on any atom is -0.319 e. The molecule has 0 unspecified atom stereocenters. The third-order valence-corrected chi connectivity index (χ3v) is 4.31. The van der Waals surface area contributed by atoms with Gasteiger partial charge in [-0.05, 0) is 52.4 Å². The molecule has 2 N–H and O–H groups in total. The summed E-state index contributed by atoms with van der Waals surface area (Å²) in [7, 11) is 2.00. The molecule has 0 aliphatic carbocycles. The molecule has 0 atom stereocenters. The summed E-state index contributed by atoms with van der Waals surface area (Å²) in [6, 6.07) is 0. The molecule has 5 nitrogen and oxygen atoms in total. The number of carbonyl (C=O) groups is 1. The third kappa shape index (κ3) is 5.36. The number of hydrogen-bond acceptors (Lipinski definition) is 5. The summed E-state index contributed by atoms with van der Waals surface area (Å²) >= 11 is 1.48. The Balaban J connectivity index is 0.00000200. The Kier molecular flexibility index (Phi) is 7.43. The fourth-order valence-electron chi connectivity index (χ4n) is 2.41. The van der Waals surface area contributed by atoms with Crippen LogP contribution in [0.15, 0.2) is 5.38 Å². The zero-order valence-electron chi connectivity index (χ0n) is 12.0. The maximum absolute atomic E-state index is 11.9. The van der Waals surface area contributed by atoms with Gasteiger partial charge in [-0.3, -0.25) is 9.69 Å². The number of nitrogens with one attached hydrogen (secondary N) is 2. The second kappa shape index (κ2) is 8.56. The molecule has 0 bridgehead atoms. The highest BCUT2D eigenvalue weighted by atomic mass is 35.5. The molecule has 2 heterocycles. The molecule has 1 aromatic heterocycles. The molecule has 1 saturated heterocycles. The largest absolute Gasteiger partial charge is 0.319 e. The molecule has 1 aromatic rings. The lowest BCUT2D eigenvalue weighted by Gasteiger charge is -2.31. The van der Waals surface area contributed by atoms with E-state index >= 15 is 0 Å². The van der Waals surface area contributed by atoms with Gasteiger partial charge in [-0.1, -0.05) is 0 Å². The Morgan fingerprint density at radius 2 is 2.20 bits per heavy atom. The van der Waals surface area contributed by atoms with E-state index in [0.29, 0.717) is 11.7 Å². The predicted molar refractivity (Wildman–Crippen MR) is 85.8 cm³/mol. The van der Waals surface area contributed by atoms with Crippen LogP contribution in [0.25, 0.3) is 0 Å². The van der Waals surface area contributed by atoms with Crippen molar-refractivity contribution in [2.45, 2.75) is 19.8 Å². The van der Waals surface area contributed by atoms with E-state index in [-0.39, 0.29) is 18.3 Å². The van der Waals surface area contributed by atoms with Gasteiger partial charge in [-0.25, -0.2) is 4.98 Å². The van der Waals surface area contributed by atoms with Crippen LogP contribution >= 0.6 is 23.7 Å². The highest BCUT2D eigenvalue weighted by Gasteiger charge is 2.20.